The molecule has 1 aromatic rings. The van der Waals surface area contributed by atoms with Crippen molar-refractivity contribution in [1.82, 2.24) is 15.5 Å². The molecule has 0 saturated carbocycles. The van der Waals surface area contributed by atoms with Crippen LogP contribution in [-0.4, -0.2) is 69.0 Å². The van der Waals surface area contributed by atoms with Gasteiger partial charge in [-0.25, -0.2) is 4.79 Å². The van der Waals surface area contributed by atoms with Gasteiger partial charge >= 0.3 is 6.09 Å². The van der Waals surface area contributed by atoms with Gasteiger partial charge in [0.2, 0.25) is 0 Å². The van der Waals surface area contributed by atoms with Crippen molar-refractivity contribution in [2.45, 2.75) is 44.2 Å². The molecule has 3 rings (SSSR count). The van der Waals surface area contributed by atoms with E-state index in [9.17, 15) is 4.79 Å². The van der Waals surface area contributed by atoms with Crippen molar-refractivity contribution in [2.24, 2.45) is 4.99 Å². The Balaban J connectivity index is 1.49. The number of hydrogen-bond acceptors (Lipinski definition) is 5. The van der Waals surface area contributed by atoms with Crippen LogP contribution in [0, 0.1) is 0 Å². The number of methoxy groups -OCH3 is 1. The lowest BCUT2D eigenvalue weighted by Gasteiger charge is -2.32. The number of ether oxygens (including phenoxy) is 2. The Morgan fingerprint density at radius 3 is 2.89 bits per heavy atom. The maximum atomic E-state index is 11.6. The van der Waals surface area contributed by atoms with Crippen LogP contribution < -0.4 is 10.6 Å². The minimum absolute atomic E-state index is 0.217. The van der Waals surface area contributed by atoms with E-state index >= 15 is 0 Å². The number of rotatable bonds is 6. The van der Waals surface area contributed by atoms with E-state index in [2.05, 4.69) is 10.6 Å². The van der Waals surface area contributed by atoms with Crippen LogP contribution in [0.1, 0.15) is 31.4 Å². The zero-order valence-corrected chi connectivity index (χ0v) is 16.0. The fourth-order valence-electron chi connectivity index (χ4n) is 3.42. The molecule has 2 aliphatic heterocycles. The van der Waals surface area contributed by atoms with E-state index in [0.29, 0.717) is 19.6 Å². The highest BCUT2D eigenvalue weighted by Crippen LogP contribution is 2.13. The molecule has 8 heteroatoms. The summed E-state index contributed by atoms with van der Waals surface area (Å²) in [6.45, 7) is 3.62. The van der Waals surface area contributed by atoms with Crippen molar-refractivity contribution >= 4 is 12.1 Å². The number of guanidine groups is 1. The summed E-state index contributed by atoms with van der Waals surface area (Å²) in [5.41, 5.74) is 0. The van der Waals surface area contributed by atoms with Crippen molar-refractivity contribution in [3.8, 4) is 0 Å². The molecule has 150 valence electrons. The predicted octanol–water partition coefficient (Wildman–Crippen LogP) is 1.77. The third kappa shape index (κ3) is 6.16. The second-order valence-corrected chi connectivity index (χ2v) is 6.96. The van der Waals surface area contributed by atoms with Crippen molar-refractivity contribution in [3.63, 3.8) is 0 Å². The minimum atomic E-state index is -0.253. The summed E-state index contributed by atoms with van der Waals surface area (Å²) < 4.78 is 15.9. The fraction of sp³-hybridized carbons (Fsp3) is 0.684. The van der Waals surface area contributed by atoms with Gasteiger partial charge in [0, 0.05) is 38.7 Å². The van der Waals surface area contributed by atoms with Gasteiger partial charge < -0.3 is 29.4 Å². The number of aliphatic imine (C=N–C) groups is 1. The molecule has 2 saturated heterocycles. The number of amides is 1. The Kier molecular flexibility index (Phi) is 7.38. The number of likely N-dealkylation sites (tertiary alicyclic amines) is 1. The van der Waals surface area contributed by atoms with E-state index in [1.54, 1.807) is 11.2 Å². The lowest BCUT2D eigenvalue weighted by Crippen LogP contribution is -2.50. The average molecular weight is 378 g/mol. The maximum absolute atomic E-state index is 11.6. The molecule has 2 fully saturated rings. The summed E-state index contributed by atoms with van der Waals surface area (Å²) >= 11 is 0. The molecule has 0 radical (unpaired) electrons. The van der Waals surface area contributed by atoms with Crippen molar-refractivity contribution in [1.29, 1.82) is 0 Å². The van der Waals surface area contributed by atoms with Crippen LogP contribution in [0.4, 0.5) is 4.79 Å². The molecule has 1 atom stereocenters. The zero-order valence-electron chi connectivity index (χ0n) is 16.0. The Morgan fingerprint density at radius 2 is 2.22 bits per heavy atom. The Hall–Kier alpha value is -2.22. The summed E-state index contributed by atoms with van der Waals surface area (Å²) in [6, 6.07) is 4.15. The largest absolute Gasteiger partial charge is 0.469 e. The summed E-state index contributed by atoms with van der Waals surface area (Å²) in [5, 5.41) is 6.90. The van der Waals surface area contributed by atoms with Gasteiger partial charge in [-0.05, 0) is 37.8 Å². The van der Waals surface area contributed by atoms with Gasteiger partial charge in [0.1, 0.15) is 5.76 Å². The van der Waals surface area contributed by atoms with E-state index in [-0.39, 0.29) is 18.2 Å². The first kappa shape index (κ1) is 19.5. The van der Waals surface area contributed by atoms with Crippen molar-refractivity contribution < 1.29 is 18.7 Å². The first-order valence-electron chi connectivity index (χ1n) is 9.76. The number of hydrogen-bond donors (Lipinski definition) is 2. The lowest BCUT2D eigenvalue weighted by atomic mass is 10.1. The zero-order chi connectivity index (χ0) is 18.9. The molecule has 0 spiro atoms. The summed E-state index contributed by atoms with van der Waals surface area (Å²) in [5.74, 6) is 1.75. The number of furan rings is 1. The third-order valence-corrected chi connectivity index (χ3v) is 4.99. The standard InChI is InChI=1S/C19H30N4O4/c1-25-19(24)23-10-7-15(8-11-23)22-18(21-14-17-5-3-13-27-17)20-9-6-16-4-2-12-26-16/h2,4,12,15,17H,3,5-11,13-14H2,1H3,(H2,20,21,22). The topological polar surface area (TPSA) is 88.3 Å². The third-order valence-electron chi connectivity index (χ3n) is 4.99. The molecule has 0 bridgehead atoms. The van der Waals surface area contributed by atoms with Crippen LogP contribution in [-0.2, 0) is 15.9 Å². The molecule has 0 aromatic carbocycles. The molecule has 2 aliphatic rings. The normalized spacial score (nSPS) is 21.3. The SMILES string of the molecule is COC(=O)N1CCC(NC(=NCC2CCCO2)NCCc2ccco2)CC1. The van der Waals surface area contributed by atoms with Crippen LogP contribution >= 0.6 is 0 Å². The average Bonchev–Trinajstić information content (AvgIpc) is 3.40. The van der Waals surface area contributed by atoms with Crippen LogP contribution in [0.15, 0.2) is 27.8 Å². The van der Waals surface area contributed by atoms with Crippen LogP contribution in [0.25, 0.3) is 0 Å². The molecule has 3 heterocycles. The Morgan fingerprint density at radius 1 is 1.37 bits per heavy atom. The van der Waals surface area contributed by atoms with Crippen LogP contribution in [0.2, 0.25) is 0 Å². The monoisotopic (exact) mass is 378 g/mol. The van der Waals surface area contributed by atoms with Gasteiger partial charge in [0.15, 0.2) is 5.96 Å². The van der Waals surface area contributed by atoms with E-state index in [0.717, 1.165) is 57.0 Å². The first-order valence-corrected chi connectivity index (χ1v) is 9.76. The molecule has 1 aromatic heterocycles. The fourth-order valence-corrected chi connectivity index (χ4v) is 3.42. The van der Waals surface area contributed by atoms with Crippen molar-refractivity contribution in [2.75, 3.05) is 39.9 Å². The lowest BCUT2D eigenvalue weighted by molar-refractivity contribution is 0.111. The Bertz CT molecular complexity index is 591. The minimum Gasteiger partial charge on any atom is -0.469 e. The van der Waals surface area contributed by atoms with Crippen LogP contribution in [0.3, 0.4) is 0 Å². The number of nitrogens with zero attached hydrogens (tertiary/aromatic N) is 2. The maximum Gasteiger partial charge on any atom is 0.409 e. The quantitative estimate of drug-likeness (QED) is 0.579. The summed E-state index contributed by atoms with van der Waals surface area (Å²) in [6.07, 6.45) is 6.37. The van der Waals surface area contributed by atoms with E-state index in [1.165, 1.54) is 7.11 Å². The number of nitrogens with one attached hydrogen (secondary N) is 2. The second-order valence-electron chi connectivity index (χ2n) is 6.96. The van der Waals surface area contributed by atoms with E-state index in [1.807, 2.05) is 12.1 Å². The molecule has 2 N–H and O–H groups in total. The highest BCUT2D eigenvalue weighted by Gasteiger charge is 2.24. The number of carbonyl (C=O) groups is 1. The smallest absolute Gasteiger partial charge is 0.409 e. The van der Waals surface area contributed by atoms with Gasteiger partial charge in [0.25, 0.3) is 0 Å². The van der Waals surface area contributed by atoms with E-state index < -0.39 is 0 Å². The predicted molar refractivity (Wildman–Crippen MR) is 102 cm³/mol. The molecule has 8 nitrogen and oxygen atoms in total. The van der Waals surface area contributed by atoms with Gasteiger partial charge in [-0.1, -0.05) is 0 Å². The molecule has 1 unspecified atom stereocenters. The van der Waals surface area contributed by atoms with Crippen LogP contribution in [0.5, 0.6) is 0 Å². The molecule has 0 aliphatic carbocycles. The van der Waals surface area contributed by atoms with Gasteiger partial charge in [-0.3, -0.25) is 4.99 Å². The highest BCUT2D eigenvalue weighted by atomic mass is 16.5. The molecular weight excluding hydrogens is 348 g/mol. The Labute approximate surface area is 160 Å². The van der Waals surface area contributed by atoms with Gasteiger partial charge in [0.05, 0.1) is 26.0 Å². The van der Waals surface area contributed by atoms with Gasteiger partial charge in [-0.15, -0.1) is 0 Å². The van der Waals surface area contributed by atoms with Gasteiger partial charge in [-0.2, -0.15) is 0 Å². The van der Waals surface area contributed by atoms with Crippen molar-refractivity contribution in [3.05, 3.63) is 24.2 Å². The first-order chi connectivity index (χ1) is 13.2. The second kappa shape index (κ2) is 10.2. The summed E-state index contributed by atoms with van der Waals surface area (Å²) in [4.78, 5) is 18.1. The molecule has 1 amide bonds. The highest BCUT2D eigenvalue weighted by molar-refractivity contribution is 5.80. The van der Waals surface area contributed by atoms with E-state index in [4.69, 9.17) is 18.9 Å². The number of piperidine rings is 1. The number of carbonyl (C=O) groups excluding carboxylic acids is 1. The molecule has 27 heavy (non-hydrogen) atoms. The summed E-state index contributed by atoms with van der Waals surface area (Å²) in [7, 11) is 1.42. The molecular formula is C19H30N4O4.